The molecule has 15 heavy (non-hydrogen) atoms. The van der Waals surface area contributed by atoms with Gasteiger partial charge in [0.1, 0.15) is 0 Å². The van der Waals surface area contributed by atoms with E-state index >= 15 is 0 Å². The number of nitrogens with one attached hydrogen (secondary N) is 1. The molecule has 0 aliphatic carbocycles. The van der Waals surface area contributed by atoms with E-state index in [0.29, 0.717) is 0 Å². The maximum absolute atomic E-state index is 5.77. The number of rotatable bonds is 3. The van der Waals surface area contributed by atoms with E-state index < -0.39 is 0 Å². The molecule has 0 saturated carbocycles. The molecule has 2 nitrogen and oxygen atoms in total. The molecule has 1 atom stereocenters. The Bertz CT molecular complexity index is 455. The molecule has 0 saturated heterocycles. The van der Waals surface area contributed by atoms with Crippen molar-refractivity contribution in [1.82, 2.24) is 4.98 Å². The summed E-state index contributed by atoms with van der Waals surface area (Å²) in [4.78, 5) is 3.31. The first-order valence-corrected chi connectivity index (χ1v) is 5.49. The van der Waals surface area contributed by atoms with Crippen molar-refractivity contribution in [1.29, 1.82) is 0 Å². The number of H-pyrrole nitrogens is 1. The zero-order valence-corrected chi connectivity index (χ0v) is 9.38. The van der Waals surface area contributed by atoms with E-state index in [4.69, 9.17) is 5.73 Å². The molecular formula is C13H18N2. The number of nitrogens with two attached hydrogens (primary N) is 1. The van der Waals surface area contributed by atoms with Gasteiger partial charge in [-0.15, -0.1) is 0 Å². The average molecular weight is 202 g/mol. The normalized spacial score (nSPS) is 13.3. The molecule has 2 rings (SSSR count). The molecule has 2 heteroatoms. The predicted molar refractivity (Wildman–Crippen MR) is 65.0 cm³/mol. The first-order valence-electron chi connectivity index (χ1n) is 5.49. The van der Waals surface area contributed by atoms with Gasteiger partial charge in [-0.05, 0) is 43.9 Å². The fraction of sp³-hybridized carbons (Fsp3) is 0.385. The Morgan fingerprint density at radius 2 is 2.20 bits per heavy atom. The molecule has 1 aromatic carbocycles. The Labute approximate surface area is 90.5 Å². The Morgan fingerprint density at radius 3 is 2.93 bits per heavy atom. The van der Waals surface area contributed by atoms with E-state index in [1.54, 1.807) is 0 Å². The van der Waals surface area contributed by atoms with E-state index in [0.717, 1.165) is 12.8 Å². The second-order valence-corrected chi connectivity index (χ2v) is 4.38. The van der Waals surface area contributed by atoms with Gasteiger partial charge in [0.05, 0.1) is 0 Å². The summed E-state index contributed by atoms with van der Waals surface area (Å²) in [6.45, 7) is 4.17. The monoisotopic (exact) mass is 202 g/mol. The van der Waals surface area contributed by atoms with Crippen molar-refractivity contribution < 1.29 is 0 Å². The van der Waals surface area contributed by atoms with Gasteiger partial charge in [0, 0.05) is 23.1 Å². The minimum Gasteiger partial charge on any atom is -0.361 e. The highest BCUT2D eigenvalue weighted by atomic mass is 14.7. The van der Waals surface area contributed by atoms with Gasteiger partial charge >= 0.3 is 0 Å². The molecule has 80 valence electrons. The number of aromatic nitrogens is 1. The van der Waals surface area contributed by atoms with Gasteiger partial charge in [-0.1, -0.05) is 12.1 Å². The summed E-state index contributed by atoms with van der Waals surface area (Å²) in [5.41, 5.74) is 9.67. The number of hydrogen-bond donors (Lipinski definition) is 2. The van der Waals surface area contributed by atoms with E-state index in [2.05, 4.69) is 43.2 Å². The first kappa shape index (κ1) is 10.2. The van der Waals surface area contributed by atoms with Crippen LogP contribution in [0.2, 0.25) is 0 Å². The van der Waals surface area contributed by atoms with Gasteiger partial charge in [-0.3, -0.25) is 0 Å². The molecule has 0 amide bonds. The van der Waals surface area contributed by atoms with Crippen molar-refractivity contribution in [3.05, 3.63) is 35.5 Å². The van der Waals surface area contributed by atoms with Crippen LogP contribution in [0.15, 0.2) is 24.4 Å². The quantitative estimate of drug-likeness (QED) is 0.789. The van der Waals surface area contributed by atoms with Crippen LogP contribution in [0.5, 0.6) is 0 Å². The molecular weight excluding hydrogens is 184 g/mol. The van der Waals surface area contributed by atoms with Crippen molar-refractivity contribution in [3.63, 3.8) is 0 Å². The van der Waals surface area contributed by atoms with Crippen LogP contribution in [0.3, 0.4) is 0 Å². The summed E-state index contributed by atoms with van der Waals surface area (Å²) in [7, 11) is 0. The maximum Gasteiger partial charge on any atom is 0.0459 e. The summed E-state index contributed by atoms with van der Waals surface area (Å²) in [6, 6.07) is 6.81. The lowest BCUT2D eigenvalue weighted by molar-refractivity contribution is 0.668. The topological polar surface area (TPSA) is 41.8 Å². The fourth-order valence-corrected chi connectivity index (χ4v) is 1.89. The van der Waals surface area contributed by atoms with Crippen molar-refractivity contribution in [2.24, 2.45) is 5.73 Å². The van der Waals surface area contributed by atoms with Crippen molar-refractivity contribution in [2.75, 3.05) is 0 Å². The minimum absolute atomic E-state index is 0.278. The second-order valence-electron chi connectivity index (χ2n) is 4.38. The smallest absolute Gasteiger partial charge is 0.0459 e. The van der Waals surface area contributed by atoms with Crippen LogP contribution in [0.1, 0.15) is 24.5 Å². The summed E-state index contributed by atoms with van der Waals surface area (Å²) < 4.78 is 0. The lowest BCUT2D eigenvalue weighted by Crippen LogP contribution is -2.15. The van der Waals surface area contributed by atoms with E-state index in [9.17, 15) is 0 Å². The molecule has 0 bridgehead atoms. The van der Waals surface area contributed by atoms with Gasteiger partial charge in [0.25, 0.3) is 0 Å². The van der Waals surface area contributed by atoms with E-state index in [-0.39, 0.29) is 6.04 Å². The molecule has 1 aromatic heterocycles. The summed E-state index contributed by atoms with van der Waals surface area (Å²) in [5, 5.41) is 1.33. The highest BCUT2D eigenvalue weighted by molar-refractivity contribution is 5.83. The Morgan fingerprint density at radius 1 is 1.40 bits per heavy atom. The number of benzene rings is 1. The van der Waals surface area contributed by atoms with Gasteiger partial charge in [-0.25, -0.2) is 0 Å². The maximum atomic E-state index is 5.77. The number of aromatic amines is 1. The third kappa shape index (κ3) is 2.21. The van der Waals surface area contributed by atoms with Crippen LogP contribution in [0.4, 0.5) is 0 Å². The second kappa shape index (κ2) is 4.07. The van der Waals surface area contributed by atoms with Crippen molar-refractivity contribution in [2.45, 2.75) is 32.7 Å². The van der Waals surface area contributed by atoms with Crippen LogP contribution < -0.4 is 5.73 Å². The minimum atomic E-state index is 0.278. The van der Waals surface area contributed by atoms with Crippen molar-refractivity contribution >= 4 is 10.9 Å². The first-order chi connectivity index (χ1) is 7.16. The standard InChI is InChI=1S/C13H18N2/c1-9-3-6-12-11(5-4-10(2)14)8-15-13(12)7-9/h3,6-8,10,15H,4-5,14H2,1-2H3. The third-order valence-corrected chi connectivity index (χ3v) is 2.79. The average Bonchev–Trinajstić information content (AvgIpc) is 2.57. The third-order valence-electron chi connectivity index (χ3n) is 2.79. The number of fused-ring (bicyclic) bond motifs is 1. The molecule has 0 aliphatic heterocycles. The zero-order valence-electron chi connectivity index (χ0n) is 9.38. The molecule has 1 heterocycles. The molecule has 0 fully saturated rings. The largest absolute Gasteiger partial charge is 0.361 e. The van der Waals surface area contributed by atoms with E-state index in [1.807, 2.05) is 0 Å². The summed E-state index contributed by atoms with van der Waals surface area (Å²) in [6.07, 6.45) is 4.20. The molecule has 2 aromatic rings. The van der Waals surface area contributed by atoms with Crippen LogP contribution >= 0.6 is 0 Å². The van der Waals surface area contributed by atoms with Crippen LogP contribution in [0.25, 0.3) is 10.9 Å². The van der Waals surface area contributed by atoms with E-state index in [1.165, 1.54) is 22.0 Å². The molecule has 0 aliphatic rings. The lowest BCUT2D eigenvalue weighted by Gasteiger charge is -2.03. The zero-order chi connectivity index (χ0) is 10.8. The Hall–Kier alpha value is -1.28. The van der Waals surface area contributed by atoms with Gasteiger partial charge in [0.15, 0.2) is 0 Å². The molecule has 3 N–H and O–H groups in total. The van der Waals surface area contributed by atoms with Crippen LogP contribution in [0, 0.1) is 6.92 Å². The summed E-state index contributed by atoms with van der Waals surface area (Å²) in [5.74, 6) is 0. The van der Waals surface area contributed by atoms with Crippen LogP contribution in [-0.2, 0) is 6.42 Å². The molecule has 0 radical (unpaired) electrons. The van der Waals surface area contributed by atoms with Gasteiger partial charge in [0.2, 0.25) is 0 Å². The van der Waals surface area contributed by atoms with Crippen molar-refractivity contribution in [3.8, 4) is 0 Å². The Kier molecular flexibility index (Phi) is 2.78. The molecule has 1 unspecified atom stereocenters. The number of aryl methyl sites for hydroxylation is 2. The van der Waals surface area contributed by atoms with Gasteiger partial charge < -0.3 is 10.7 Å². The molecule has 0 spiro atoms. The van der Waals surface area contributed by atoms with Crippen LogP contribution in [-0.4, -0.2) is 11.0 Å². The lowest BCUT2D eigenvalue weighted by atomic mass is 10.0. The number of hydrogen-bond acceptors (Lipinski definition) is 1. The fourth-order valence-electron chi connectivity index (χ4n) is 1.89. The van der Waals surface area contributed by atoms with Gasteiger partial charge in [-0.2, -0.15) is 0 Å². The Balaban J connectivity index is 2.29. The summed E-state index contributed by atoms with van der Waals surface area (Å²) >= 11 is 0. The predicted octanol–water partition coefficient (Wildman–Crippen LogP) is 2.76. The highest BCUT2D eigenvalue weighted by Crippen LogP contribution is 2.20. The highest BCUT2D eigenvalue weighted by Gasteiger charge is 2.04. The SMILES string of the molecule is Cc1ccc2c(CCC(C)N)c[nH]c2c1.